The van der Waals surface area contributed by atoms with Crippen molar-refractivity contribution in [1.82, 2.24) is 0 Å². The summed E-state index contributed by atoms with van der Waals surface area (Å²) in [4.78, 5) is 35.4. The van der Waals surface area contributed by atoms with Gasteiger partial charge in [-0.1, -0.05) is 19.9 Å². The summed E-state index contributed by atoms with van der Waals surface area (Å²) >= 11 is 0. The Labute approximate surface area is 188 Å². The lowest BCUT2D eigenvalue weighted by atomic mass is 9.45. The van der Waals surface area contributed by atoms with E-state index in [-0.39, 0.29) is 48.1 Å². The molecular formula is C24H34O8. The average molecular weight is 451 g/mol. The van der Waals surface area contributed by atoms with Crippen LogP contribution >= 0.6 is 0 Å². The summed E-state index contributed by atoms with van der Waals surface area (Å²) in [6, 6.07) is 0. The topological polar surface area (TPSA) is 112 Å². The Morgan fingerprint density at radius 2 is 1.84 bits per heavy atom. The van der Waals surface area contributed by atoms with Crippen molar-refractivity contribution >= 4 is 17.9 Å². The van der Waals surface area contributed by atoms with Gasteiger partial charge in [0, 0.05) is 19.3 Å². The summed E-state index contributed by atoms with van der Waals surface area (Å²) in [7, 11) is 0. The van der Waals surface area contributed by atoms with Gasteiger partial charge in [-0.05, 0) is 49.4 Å². The van der Waals surface area contributed by atoms with Gasteiger partial charge in [0.2, 0.25) is 0 Å². The fourth-order valence-corrected chi connectivity index (χ4v) is 6.91. The van der Waals surface area contributed by atoms with Crippen LogP contribution in [0.4, 0.5) is 0 Å². The molecular weight excluding hydrogens is 416 g/mol. The second-order valence-corrected chi connectivity index (χ2v) is 10.4. The summed E-state index contributed by atoms with van der Waals surface area (Å²) < 4.78 is 22.1. The van der Waals surface area contributed by atoms with Gasteiger partial charge in [-0.3, -0.25) is 9.59 Å². The molecule has 0 radical (unpaired) electrons. The molecule has 2 aliphatic heterocycles. The molecule has 2 heterocycles. The summed E-state index contributed by atoms with van der Waals surface area (Å²) in [5.41, 5.74) is -0.556. The number of hydrogen-bond acceptors (Lipinski definition) is 8. The molecule has 4 rings (SSSR count). The molecule has 0 amide bonds. The second kappa shape index (κ2) is 8.13. The molecule has 0 aromatic heterocycles. The maximum atomic E-state index is 12.3. The normalized spacial score (nSPS) is 44.2. The van der Waals surface area contributed by atoms with Crippen molar-refractivity contribution in [3.63, 3.8) is 0 Å². The lowest BCUT2D eigenvalue weighted by Crippen LogP contribution is -2.61. The highest BCUT2D eigenvalue weighted by molar-refractivity contribution is 5.92. The van der Waals surface area contributed by atoms with Crippen molar-refractivity contribution in [2.24, 2.45) is 22.7 Å². The first-order chi connectivity index (χ1) is 15.1. The van der Waals surface area contributed by atoms with Gasteiger partial charge >= 0.3 is 17.9 Å². The Hall–Kier alpha value is -1.93. The minimum absolute atomic E-state index is 0.0447. The van der Waals surface area contributed by atoms with Gasteiger partial charge in [0.05, 0.1) is 24.4 Å². The van der Waals surface area contributed by atoms with Crippen LogP contribution in [0.5, 0.6) is 0 Å². The van der Waals surface area contributed by atoms with Gasteiger partial charge in [-0.15, -0.1) is 0 Å². The number of carbonyl (C=O) groups excluding carboxylic acids is 3. The lowest BCUT2D eigenvalue weighted by molar-refractivity contribution is -0.196. The SMILES string of the molecule is CC(=O)O[C@@H]1COC(=O)/C1=C/CC1[C@]2(CCC3[C@]1(C)CC[C@@H](OC(C)=O)[C@@]3(C)CO)CO2. The van der Waals surface area contributed by atoms with E-state index in [2.05, 4.69) is 6.92 Å². The number of hydrogen-bond donors (Lipinski definition) is 1. The minimum atomic E-state index is -0.675. The monoisotopic (exact) mass is 450 g/mol. The first-order valence-corrected chi connectivity index (χ1v) is 11.5. The van der Waals surface area contributed by atoms with E-state index in [0.717, 1.165) is 19.3 Å². The quantitative estimate of drug-likeness (QED) is 0.294. The van der Waals surface area contributed by atoms with Gasteiger partial charge in [-0.25, -0.2) is 4.79 Å². The molecule has 0 aromatic carbocycles. The number of aliphatic hydroxyl groups excluding tert-OH is 1. The molecule has 1 N–H and O–H groups in total. The van der Waals surface area contributed by atoms with Crippen LogP contribution in [0.3, 0.4) is 0 Å². The van der Waals surface area contributed by atoms with Gasteiger partial charge in [0.25, 0.3) is 0 Å². The molecule has 4 aliphatic rings. The largest absolute Gasteiger partial charge is 0.462 e. The van der Waals surface area contributed by atoms with Crippen LogP contribution in [0.25, 0.3) is 0 Å². The van der Waals surface area contributed by atoms with Gasteiger partial charge < -0.3 is 24.1 Å². The number of ether oxygens (including phenoxy) is 4. The van der Waals surface area contributed by atoms with Crippen molar-refractivity contribution in [3.05, 3.63) is 11.6 Å². The first-order valence-electron chi connectivity index (χ1n) is 11.5. The predicted octanol–water partition coefficient (Wildman–Crippen LogP) is 2.32. The van der Waals surface area contributed by atoms with Crippen LogP contribution < -0.4 is 0 Å². The van der Waals surface area contributed by atoms with Crippen LogP contribution in [0.2, 0.25) is 0 Å². The minimum Gasteiger partial charge on any atom is -0.462 e. The average Bonchev–Trinajstić information content (AvgIpc) is 3.41. The number of aliphatic hydroxyl groups is 1. The highest BCUT2D eigenvalue weighted by atomic mass is 16.6. The van der Waals surface area contributed by atoms with Crippen molar-refractivity contribution < 1.29 is 38.4 Å². The molecule has 0 aromatic rings. The van der Waals surface area contributed by atoms with E-state index < -0.39 is 23.5 Å². The standard InChI is InChI=1S/C24H34O8/c1-14(26)31-17-11-29-21(28)16(17)5-6-19-22(3)9-8-20(32-15(2)27)23(4,12-25)18(22)7-10-24(19)13-30-24/h5,17-20,25H,6-13H2,1-4H3/b16-5+/t17-,18?,19?,20-,22+,23+,24+/m1/s1. The fourth-order valence-electron chi connectivity index (χ4n) is 6.91. The Balaban J connectivity index is 1.63. The zero-order valence-corrected chi connectivity index (χ0v) is 19.3. The number of rotatable bonds is 5. The maximum Gasteiger partial charge on any atom is 0.337 e. The zero-order chi connectivity index (χ0) is 23.3. The molecule has 32 heavy (non-hydrogen) atoms. The number of allylic oxidation sites excluding steroid dienone is 1. The van der Waals surface area contributed by atoms with Gasteiger partial charge in [0.1, 0.15) is 12.7 Å². The Bertz CT molecular complexity index is 830. The van der Waals surface area contributed by atoms with E-state index in [1.807, 2.05) is 13.0 Å². The van der Waals surface area contributed by atoms with Crippen molar-refractivity contribution in [2.75, 3.05) is 19.8 Å². The molecule has 2 saturated heterocycles. The second-order valence-electron chi connectivity index (χ2n) is 10.4. The van der Waals surface area contributed by atoms with E-state index in [1.54, 1.807) is 0 Å². The Morgan fingerprint density at radius 1 is 1.16 bits per heavy atom. The number of carbonyl (C=O) groups is 3. The summed E-state index contributed by atoms with van der Waals surface area (Å²) in [5.74, 6) is -0.965. The van der Waals surface area contributed by atoms with Crippen LogP contribution in [0.15, 0.2) is 11.6 Å². The smallest absolute Gasteiger partial charge is 0.337 e. The van der Waals surface area contributed by atoms with Crippen LogP contribution in [0.1, 0.15) is 59.8 Å². The summed E-state index contributed by atoms with van der Waals surface area (Å²) in [6.45, 7) is 7.67. The summed E-state index contributed by atoms with van der Waals surface area (Å²) in [5, 5.41) is 10.4. The molecule has 8 heteroatoms. The number of fused-ring (bicyclic) bond motifs is 1. The molecule has 0 bridgehead atoms. The van der Waals surface area contributed by atoms with Crippen molar-refractivity contribution in [2.45, 2.75) is 77.6 Å². The van der Waals surface area contributed by atoms with E-state index in [1.165, 1.54) is 13.8 Å². The van der Waals surface area contributed by atoms with Crippen LogP contribution in [-0.2, 0) is 33.3 Å². The van der Waals surface area contributed by atoms with Crippen LogP contribution in [-0.4, -0.2) is 60.6 Å². The fraction of sp³-hybridized carbons (Fsp3) is 0.792. The third-order valence-electron chi connectivity index (χ3n) is 8.55. The number of epoxide rings is 1. The third-order valence-corrected chi connectivity index (χ3v) is 8.55. The molecule has 2 unspecified atom stereocenters. The number of esters is 3. The van der Waals surface area contributed by atoms with Crippen molar-refractivity contribution in [3.8, 4) is 0 Å². The molecule has 7 atom stereocenters. The molecule has 4 fully saturated rings. The number of cyclic esters (lactones) is 1. The molecule has 2 aliphatic carbocycles. The third kappa shape index (κ3) is 3.75. The van der Waals surface area contributed by atoms with E-state index in [4.69, 9.17) is 18.9 Å². The highest BCUT2D eigenvalue weighted by Crippen LogP contribution is 2.66. The maximum absolute atomic E-state index is 12.3. The zero-order valence-electron chi connectivity index (χ0n) is 19.3. The Morgan fingerprint density at radius 3 is 2.44 bits per heavy atom. The predicted molar refractivity (Wildman–Crippen MR) is 112 cm³/mol. The summed E-state index contributed by atoms with van der Waals surface area (Å²) in [6.07, 6.45) is 4.71. The van der Waals surface area contributed by atoms with E-state index in [0.29, 0.717) is 25.0 Å². The molecule has 2 saturated carbocycles. The molecule has 1 spiro atoms. The Kier molecular flexibility index (Phi) is 5.91. The van der Waals surface area contributed by atoms with E-state index in [9.17, 15) is 19.5 Å². The van der Waals surface area contributed by atoms with Gasteiger partial charge in [0.15, 0.2) is 6.10 Å². The highest BCUT2D eigenvalue weighted by Gasteiger charge is 2.67. The van der Waals surface area contributed by atoms with Crippen molar-refractivity contribution in [1.29, 1.82) is 0 Å². The van der Waals surface area contributed by atoms with Crippen LogP contribution in [0, 0.1) is 22.7 Å². The molecule has 178 valence electrons. The van der Waals surface area contributed by atoms with Gasteiger partial charge in [-0.2, -0.15) is 0 Å². The van der Waals surface area contributed by atoms with E-state index >= 15 is 0 Å². The first kappa shape index (κ1) is 23.2. The lowest BCUT2D eigenvalue weighted by Gasteiger charge is -2.61. The molecule has 8 nitrogen and oxygen atoms in total.